The van der Waals surface area contributed by atoms with Gasteiger partial charge in [-0.2, -0.15) is 0 Å². The number of rotatable bonds is 7. The van der Waals surface area contributed by atoms with Crippen molar-refractivity contribution >= 4 is 38.9 Å². The van der Waals surface area contributed by atoms with Crippen LogP contribution in [0.1, 0.15) is 54.8 Å². The van der Waals surface area contributed by atoms with Gasteiger partial charge in [0.15, 0.2) is 10.8 Å². The van der Waals surface area contributed by atoms with E-state index in [1.54, 1.807) is 36.4 Å². The number of pyridine rings is 2. The van der Waals surface area contributed by atoms with E-state index >= 15 is 0 Å². The lowest BCUT2D eigenvalue weighted by molar-refractivity contribution is 0.0993. The van der Waals surface area contributed by atoms with E-state index in [9.17, 15) is 18.0 Å². The summed E-state index contributed by atoms with van der Waals surface area (Å²) in [5.74, 6) is -0.0288. The summed E-state index contributed by atoms with van der Waals surface area (Å²) in [5.41, 5.74) is 6.46. The zero-order chi connectivity index (χ0) is 26.3. The minimum Gasteiger partial charge on any atom is -0.365 e. The minimum absolute atomic E-state index is 0.0542. The number of anilines is 3. The van der Waals surface area contributed by atoms with Crippen molar-refractivity contribution in [1.29, 1.82) is 0 Å². The van der Waals surface area contributed by atoms with E-state index in [1.165, 1.54) is 25.3 Å². The molecule has 3 heterocycles. The molecular weight excluding hydrogens is 478 g/mol. The third-order valence-electron chi connectivity index (χ3n) is 6.32. The predicted octanol–water partition coefficient (Wildman–Crippen LogP) is 3.98. The maximum atomic E-state index is 13.7. The number of carbonyl (C=O) groups excluding carboxylic acids is 2. The van der Waals surface area contributed by atoms with Crippen LogP contribution in [-0.4, -0.2) is 42.2 Å². The van der Waals surface area contributed by atoms with E-state index in [2.05, 4.69) is 22.2 Å². The number of nitrogens with one attached hydrogen (secondary N) is 1. The van der Waals surface area contributed by atoms with E-state index in [4.69, 9.17) is 5.73 Å². The summed E-state index contributed by atoms with van der Waals surface area (Å²) in [6, 6.07) is 12.6. The standard InChI is InChI=1S/C26H29N5O4S/c1-16-14-26(3,4)31(15-16)25-23(24(27)33)20(12-13-28-25)36(34,35)22-7-5-6-21(30-22)29-19-10-8-18(9-11-19)17(2)32/h5-13,16H,14-15H2,1-4H3,(H2,27,33)(H,29,30). The summed E-state index contributed by atoms with van der Waals surface area (Å²) in [7, 11) is -4.21. The highest BCUT2D eigenvalue weighted by Crippen LogP contribution is 2.39. The van der Waals surface area contributed by atoms with Crippen LogP contribution in [-0.2, 0) is 9.84 Å². The number of carbonyl (C=O) groups is 2. The fourth-order valence-electron chi connectivity index (χ4n) is 4.74. The first-order valence-electron chi connectivity index (χ1n) is 11.6. The second-order valence-electron chi connectivity index (χ2n) is 9.73. The molecule has 1 amide bonds. The van der Waals surface area contributed by atoms with Gasteiger partial charge in [0, 0.05) is 29.5 Å². The van der Waals surface area contributed by atoms with Gasteiger partial charge in [-0.3, -0.25) is 9.59 Å². The maximum absolute atomic E-state index is 13.7. The van der Waals surface area contributed by atoms with Gasteiger partial charge in [0.25, 0.3) is 5.91 Å². The average Bonchev–Trinajstić information content (AvgIpc) is 3.10. The Morgan fingerprint density at radius 3 is 2.39 bits per heavy atom. The molecular formula is C26H29N5O4S. The molecule has 0 bridgehead atoms. The summed E-state index contributed by atoms with van der Waals surface area (Å²) in [5, 5.41) is 2.81. The number of hydrogen-bond acceptors (Lipinski definition) is 8. The summed E-state index contributed by atoms with van der Waals surface area (Å²) in [4.78, 5) is 34.5. The number of primary amides is 1. The molecule has 4 rings (SSSR count). The molecule has 1 aliphatic heterocycles. The van der Waals surface area contributed by atoms with Crippen LogP contribution in [0.4, 0.5) is 17.3 Å². The Kier molecular flexibility index (Phi) is 6.57. The van der Waals surface area contributed by atoms with Crippen LogP contribution in [0.15, 0.2) is 64.6 Å². The van der Waals surface area contributed by atoms with Crippen LogP contribution < -0.4 is 16.0 Å². The first-order chi connectivity index (χ1) is 16.9. The highest BCUT2D eigenvalue weighted by molar-refractivity contribution is 7.91. The summed E-state index contributed by atoms with van der Waals surface area (Å²) >= 11 is 0. The molecule has 1 saturated heterocycles. The molecule has 0 aliphatic carbocycles. The number of sulfone groups is 1. The zero-order valence-corrected chi connectivity index (χ0v) is 21.5. The first kappa shape index (κ1) is 25.3. The van der Waals surface area contributed by atoms with E-state index in [0.29, 0.717) is 23.7 Å². The van der Waals surface area contributed by atoms with Gasteiger partial charge in [-0.05, 0) is 75.6 Å². The van der Waals surface area contributed by atoms with Crippen LogP contribution in [0.2, 0.25) is 0 Å². The number of benzene rings is 1. The number of nitrogens with two attached hydrogens (primary N) is 1. The second kappa shape index (κ2) is 9.34. The van der Waals surface area contributed by atoms with Gasteiger partial charge in [0.1, 0.15) is 17.2 Å². The lowest BCUT2D eigenvalue weighted by atomic mass is 9.97. The van der Waals surface area contributed by atoms with E-state index in [1.807, 2.05) is 18.7 Å². The maximum Gasteiger partial charge on any atom is 0.253 e. The molecule has 36 heavy (non-hydrogen) atoms. The average molecular weight is 508 g/mol. The number of amides is 1. The van der Waals surface area contributed by atoms with Crippen molar-refractivity contribution in [3.8, 4) is 0 Å². The van der Waals surface area contributed by atoms with Crippen molar-refractivity contribution in [1.82, 2.24) is 9.97 Å². The quantitative estimate of drug-likeness (QED) is 0.459. The van der Waals surface area contributed by atoms with Gasteiger partial charge in [0.05, 0.1) is 4.90 Å². The van der Waals surface area contributed by atoms with Crippen molar-refractivity contribution in [3.63, 3.8) is 0 Å². The number of aromatic nitrogens is 2. The van der Waals surface area contributed by atoms with Gasteiger partial charge < -0.3 is 16.0 Å². The number of ketones is 1. The van der Waals surface area contributed by atoms with Crippen LogP contribution in [0.3, 0.4) is 0 Å². The van der Waals surface area contributed by atoms with Gasteiger partial charge in [0.2, 0.25) is 9.84 Å². The Morgan fingerprint density at radius 1 is 1.11 bits per heavy atom. The Labute approximate surface area is 210 Å². The molecule has 0 saturated carbocycles. The Bertz CT molecular complexity index is 1430. The summed E-state index contributed by atoms with van der Waals surface area (Å²) in [6.07, 6.45) is 2.25. The van der Waals surface area contributed by atoms with Crippen LogP contribution in [0, 0.1) is 5.92 Å². The van der Waals surface area contributed by atoms with E-state index in [0.717, 1.165) is 6.42 Å². The monoisotopic (exact) mass is 507 g/mol. The molecule has 0 radical (unpaired) electrons. The lowest BCUT2D eigenvalue weighted by Gasteiger charge is -2.33. The van der Waals surface area contributed by atoms with Crippen molar-refractivity contribution in [2.24, 2.45) is 11.7 Å². The topological polar surface area (TPSA) is 135 Å². The SMILES string of the molecule is CC(=O)c1ccc(Nc2cccc(S(=O)(=O)c3ccnc(N4CC(C)CC4(C)C)c3C(N)=O)n2)cc1. The van der Waals surface area contributed by atoms with Crippen LogP contribution in [0.25, 0.3) is 0 Å². The molecule has 3 N–H and O–H groups in total. The molecule has 2 aromatic heterocycles. The number of Topliss-reactive ketones (excluding diaryl/α,β-unsaturated/α-hetero) is 1. The Morgan fingerprint density at radius 2 is 1.81 bits per heavy atom. The summed E-state index contributed by atoms with van der Waals surface area (Å²) < 4.78 is 27.4. The highest BCUT2D eigenvalue weighted by Gasteiger charge is 2.40. The van der Waals surface area contributed by atoms with Crippen molar-refractivity contribution < 1.29 is 18.0 Å². The van der Waals surface area contributed by atoms with Crippen LogP contribution >= 0.6 is 0 Å². The number of hydrogen-bond donors (Lipinski definition) is 2. The van der Waals surface area contributed by atoms with Gasteiger partial charge in [-0.15, -0.1) is 0 Å². The molecule has 1 unspecified atom stereocenters. The van der Waals surface area contributed by atoms with Gasteiger partial charge in [-0.1, -0.05) is 13.0 Å². The first-order valence-corrected chi connectivity index (χ1v) is 13.0. The fraction of sp³-hybridized carbons (Fsp3) is 0.308. The summed E-state index contributed by atoms with van der Waals surface area (Å²) in [6.45, 7) is 8.27. The third kappa shape index (κ3) is 4.81. The molecule has 9 nitrogen and oxygen atoms in total. The van der Waals surface area contributed by atoms with Crippen molar-refractivity contribution in [2.75, 3.05) is 16.8 Å². The molecule has 3 aromatic rings. The normalized spacial score (nSPS) is 17.1. The smallest absolute Gasteiger partial charge is 0.253 e. The largest absolute Gasteiger partial charge is 0.365 e. The zero-order valence-electron chi connectivity index (χ0n) is 20.6. The number of nitrogens with zero attached hydrogens (tertiary/aromatic N) is 3. The molecule has 1 atom stereocenters. The highest BCUT2D eigenvalue weighted by atomic mass is 32.2. The van der Waals surface area contributed by atoms with Gasteiger partial charge >= 0.3 is 0 Å². The molecule has 1 fully saturated rings. The van der Waals surface area contributed by atoms with Gasteiger partial charge in [-0.25, -0.2) is 18.4 Å². The van der Waals surface area contributed by atoms with E-state index < -0.39 is 15.7 Å². The molecule has 1 aromatic carbocycles. The predicted molar refractivity (Wildman–Crippen MR) is 137 cm³/mol. The van der Waals surface area contributed by atoms with Crippen molar-refractivity contribution in [3.05, 3.63) is 65.9 Å². The van der Waals surface area contributed by atoms with Crippen LogP contribution in [0.5, 0.6) is 0 Å². The molecule has 0 spiro atoms. The third-order valence-corrected chi connectivity index (χ3v) is 8.02. The minimum atomic E-state index is -4.21. The molecule has 188 valence electrons. The van der Waals surface area contributed by atoms with E-state index in [-0.39, 0.29) is 38.4 Å². The molecule has 10 heteroatoms. The Hall–Kier alpha value is -3.79. The molecule has 1 aliphatic rings. The fourth-order valence-corrected chi connectivity index (χ4v) is 6.14. The lowest BCUT2D eigenvalue weighted by Crippen LogP contribution is -2.40. The Balaban J connectivity index is 1.73. The second-order valence-corrected chi connectivity index (χ2v) is 11.6. The van der Waals surface area contributed by atoms with Crippen molar-refractivity contribution in [2.45, 2.75) is 49.6 Å².